The van der Waals surface area contributed by atoms with E-state index in [0.717, 1.165) is 5.69 Å². The van der Waals surface area contributed by atoms with Crippen LogP contribution in [0.15, 0.2) is 12.5 Å². The first kappa shape index (κ1) is 13.7. The second kappa shape index (κ2) is 5.29. The zero-order chi connectivity index (χ0) is 13.1. The van der Waals surface area contributed by atoms with Crippen LogP contribution in [0.25, 0.3) is 0 Å². The van der Waals surface area contributed by atoms with Gasteiger partial charge in [-0.15, -0.1) is 0 Å². The van der Waals surface area contributed by atoms with Crippen LogP contribution in [0.2, 0.25) is 0 Å². The number of nitrogens with two attached hydrogens (primary N) is 1. The Morgan fingerprint density at radius 2 is 2.24 bits per heavy atom. The molecule has 0 aliphatic carbocycles. The summed E-state index contributed by atoms with van der Waals surface area (Å²) >= 11 is 0. The first-order valence-electron chi connectivity index (χ1n) is 5.42. The Balaban J connectivity index is 2.71. The fraction of sp³-hybridized carbons (Fsp3) is 0.636. The van der Waals surface area contributed by atoms with Crippen LogP contribution < -0.4 is 5.90 Å². The molecule has 0 radical (unpaired) electrons. The van der Waals surface area contributed by atoms with Crippen molar-refractivity contribution in [1.82, 2.24) is 9.55 Å². The molecule has 2 N–H and O–H groups in total. The first-order valence-corrected chi connectivity index (χ1v) is 5.42. The number of imidazole rings is 1. The number of carbonyl (C=O) groups is 1. The lowest BCUT2D eigenvalue weighted by Gasteiger charge is -2.19. The lowest BCUT2D eigenvalue weighted by molar-refractivity contribution is 0.0536. The summed E-state index contributed by atoms with van der Waals surface area (Å²) in [5, 5.41) is 0. The highest BCUT2D eigenvalue weighted by atomic mass is 16.6. The summed E-state index contributed by atoms with van der Waals surface area (Å²) < 4.78 is 6.52. The number of carbonyl (C=O) groups excluding carboxylic acids is 1. The molecule has 0 aromatic carbocycles. The van der Waals surface area contributed by atoms with Crippen LogP contribution in [0.3, 0.4) is 0 Å². The van der Waals surface area contributed by atoms with Gasteiger partial charge in [-0.05, 0) is 20.8 Å². The molecule has 1 atom stereocenters. The molecule has 0 bridgehead atoms. The van der Waals surface area contributed by atoms with Gasteiger partial charge in [0.2, 0.25) is 0 Å². The highest BCUT2D eigenvalue weighted by Gasteiger charge is 2.19. The molecule has 0 spiro atoms. The van der Waals surface area contributed by atoms with Crippen LogP contribution in [-0.2, 0) is 9.57 Å². The summed E-state index contributed by atoms with van der Waals surface area (Å²) in [6, 6.07) is 0. The summed E-state index contributed by atoms with van der Waals surface area (Å²) in [6.07, 6.45) is 2.60. The van der Waals surface area contributed by atoms with E-state index in [1.54, 1.807) is 6.20 Å². The lowest BCUT2D eigenvalue weighted by Crippen LogP contribution is -2.26. The maximum absolute atomic E-state index is 11.7. The Hall–Kier alpha value is -1.40. The van der Waals surface area contributed by atoms with Crippen LogP contribution in [0.1, 0.15) is 39.3 Å². The summed E-state index contributed by atoms with van der Waals surface area (Å²) in [5.41, 5.74) is 0.217. The molecule has 0 saturated carbocycles. The van der Waals surface area contributed by atoms with Crippen molar-refractivity contribution in [3.8, 4) is 0 Å². The molecule has 96 valence electrons. The van der Waals surface area contributed by atoms with Crippen LogP contribution in [-0.4, -0.2) is 27.9 Å². The van der Waals surface area contributed by atoms with Crippen molar-refractivity contribution in [3.05, 3.63) is 18.2 Å². The van der Waals surface area contributed by atoms with E-state index >= 15 is 0 Å². The molecule has 1 heterocycles. The van der Waals surface area contributed by atoms with E-state index in [0.29, 0.717) is 6.61 Å². The third kappa shape index (κ3) is 4.16. The van der Waals surface area contributed by atoms with Crippen molar-refractivity contribution in [2.24, 2.45) is 5.90 Å². The maximum atomic E-state index is 11.7. The number of rotatable bonds is 3. The van der Waals surface area contributed by atoms with Crippen molar-refractivity contribution in [2.45, 2.75) is 39.2 Å². The molecule has 6 nitrogen and oxygen atoms in total. The molecule has 0 saturated heterocycles. The van der Waals surface area contributed by atoms with Gasteiger partial charge in [-0.2, -0.15) is 0 Å². The van der Waals surface area contributed by atoms with E-state index < -0.39 is 11.7 Å². The fourth-order valence-electron chi connectivity index (χ4n) is 1.24. The van der Waals surface area contributed by atoms with Gasteiger partial charge in [0.25, 0.3) is 0 Å². The summed E-state index contributed by atoms with van der Waals surface area (Å²) in [4.78, 5) is 20.4. The molecular formula is C11H19N3O3. The quantitative estimate of drug-likeness (QED) is 0.814. The van der Waals surface area contributed by atoms with Crippen LogP contribution in [0.5, 0.6) is 0 Å². The zero-order valence-corrected chi connectivity index (χ0v) is 10.6. The van der Waals surface area contributed by atoms with Crippen LogP contribution >= 0.6 is 0 Å². The Morgan fingerprint density at radius 1 is 1.59 bits per heavy atom. The molecule has 1 aromatic rings. The van der Waals surface area contributed by atoms with E-state index in [4.69, 9.17) is 10.6 Å². The monoisotopic (exact) mass is 241 g/mol. The van der Waals surface area contributed by atoms with Gasteiger partial charge in [-0.3, -0.25) is 0 Å². The summed E-state index contributed by atoms with van der Waals surface area (Å²) in [5.74, 6) is 5.02. The van der Waals surface area contributed by atoms with Gasteiger partial charge in [0, 0.05) is 12.1 Å². The largest absolute Gasteiger partial charge is 0.443 e. The van der Waals surface area contributed by atoms with Crippen molar-refractivity contribution in [2.75, 3.05) is 6.61 Å². The normalized spacial score (nSPS) is 13.5. The molecule has 0 amide bonds. The molecule has 1 unspecified atom stereocenters. The van der Waals surface area contributed by atoms with E-state index in [-0.39, 0.29) is 5.92 Å². The van der Waals surface area contributed by atoms with Gasteiger partial charge in [0.15, 0.2) is 0 Å². The highest BCUT2D eigenvalue weighted by Crippen LogP contribution is 2.14. The van der Waals surface area contributed by atoms with Crippen molar-refractivity contribution >= 4 is 6.09 Å². The second-order valence-electron chi connectivity index (χ2n) is 4.92. The van der Waals surface area contributed by atoms with Crippen LogP contribution in [0.4, 0.5) is 4.79 Å². The summed E-state index contributed by atoms with van der Waals surface area (Å²) in [7, 11) is 0. The Kier molecular flexibility index (Phi) is 4.25. The average Bonchev–Trinajstić information content (AvgIpc) is 2.63. The van der Waals surface area contributed by atoms with Gasteiger partial charge in [0.1, 0.15) is 11.9 Å². The molecule has 0 aliphatic rings. The summed E-state index contributed by atoms with van der Waals surface area (Å²) in [6.45, 7) is 7.70. The maximum Gasteiger partial charge on any atom is 0.419 e. The first-order chi connectivity index (χ1) is 7.83. The van der Waals surface area contributed by atoms with E-state index in [9.17, 15) is 4.79 Å². The minimum Gasteiger partial charge on any atom is -0.443 e. The average molecular weight is 241 g/mol. The van der Waals surface area contributed by atoms with E-state index in [2.05, 4.69) is 9.82 Å². The van der Waals surface area contributed by atoms with Crippen molar-refractivity contribution in [3.63, 3.8) is 0 Å². The highest BCUT2D eigenvalue weighted by molar-refractivity contribution is 5.70. The Morgan fingerprint density at radius 3 is 2.76 bits per heavy atom. The zero-order valence-electron chi connectivity index (χ0n) is 10.6. The molecule has 6 heteroatoms. The number of aromatic nitrogens is 2. The third-order valence-electron chi connectivity index (χ3n) is 2.06. The van der Waals surface area contributed by atoms with Gasteiger partial charge in [-0.1, -0.05) is 6.92 Å². The smallest absolute Gasteiger partial charge is 0.419 e. The molecule has 0 fully saturated rings. The Bertz CT molecular complexity index is 382. The standard InChI is InChI=1S/C11H19N3O3/c1-8(6-16-12)9-5-14(7-13-9)10(15)17-11(2,3)4/h5,7-8H,6,12H2,1-4H3. The third-order valence-corrected chi connectivity index (χ3v) is 2.06. The number of nitrogens with zero attached hydrogens (tertiary/aromatic N) is 2. The minimum atomic E-state index is -0.520. The molecule has 17 heavy (non-hydrogen) atoms. The van der Waals surface area contributed by atoms with Crippen molar-refractivity contribution < 1.29 is 14.4 Å². The second-order valence-corrected chi connectivity index (χ2v) is 4.92. The van der Waals surface area contributed by atoms with Gasteiger partial charge >= 0.3 is 6.09 Å². The van der Waals surface area contributed by atoms with Gasteiger partial charge in [0.05, 0.1) is 12.3 Å². The number of hydrogen-bond acceptors (Lipinski definition) is 5. The lowest BCUT2D eigenvalue weighted by atomic mass is 10.1. The molecular weight excluding hydrogens is 222 g/mol. The molecule has 1 aromatic heterocycles. The minimum absolute atomic E-state index is 0.0312. The fourth-order valence-corrected chi connectivity index (χ4v) is 1.24. The van der Waals surface area contributed by atoms with Crippen LogP contribution in [0, 0.1) is 0 Å². The topological polar surface area (TPSA) is 79.4 Å². The predicted molar refractivity (Wildman–Crippen MR) is 62.4 cm³/mol. The van der Waals surface area contributed by atoms with E-state index in [1.165, 1.54) is 10.9 Å². The number of ether oxygens (including phenoxy) is 1. The van der Waals surface area contributed by atoms with E-state index in [1.807, 2.05) is 27.7 Å². The number of hydrogen-bond donors (Lipinski definition) is 1. The van der Waals surface area contributed by atoms with Gasteiger partial charge in [-0.25, -0.2) is 20.2 Å². The van der Waals surface area contributed by atoms with Crippen molar-refractivity contribution in [1.29, 1.82) is 0 Å². The predicted octanol–water partition coefficient (Wildman–Crippen LogP) is 1.66. The van der Waals surface area contributed by atoms with Gasteiger partial charge < -0.3 is 9.57 Å². The Labute approximate surface area is 101 Å². The molecule has 0 aliphatic heterocycles. The SMILES string of the molecule is CC(CON)c1cn(C(=O)OC(C)(C)C)cn1. The molecule has 1 rings (SSSR count).